The van der Waals surface area contributed by atoms with E-state index in [1.165, 1.54) is 6.92 Å². The molecule has 0 atom stereocenters. The molecule has 3 aromatic rings. The molecule has 37 heavy (non-hydrogen) atoms. The van der Waals surface area contributed by atoms with Crippen molar-refractivity contribution in [2.75, 3.05) is 10.2 Å². The van der Waals surface area contributed by atoms with E-state index in [9.17, 15) is 19.5 Å². The van der Waals surface area contributed by atoms with Crippen LogP contribution in [0.5, 0.6) is 0 Å². The summed E-state index contributed by atoms with van der Waals surface area (Å²) in [6.07, 6.45) is 4.25. The van der Waals surface area contributed by atoms with Gasteiger partial charge in [-0.25, -0.2) is 9.69 Å². The van der Waals surface area contributed by atoms with Crippen LogP contribution in [-0.2, 0) is 11.2 Å². The molecule has 3 aromatic carbocycles. The number of carboxylic acid groups (broad SMARTS) is 1. The van der Waals surface area contributed by atoms with Crippen LogP contribution in [0, 0.1) is 27.7 Å². The normalized spacial score (nSPS) is 11.0. The Balaban J connectivity index is 2.40. The van der Waals surface area contributed by atoms with Crippen molar-refractivity contribution < 1.29 is 19.5 Å². The second kappa shape index (κ2) is 11.2. The molecule has 0 heterocycles. The molecule has 0 aliphatic heterocycles. The molecule has 0 aromatic heterocycles. The van der Waals surface area contributed by atoms with Crippen molar-refractivity contribution in [2.24, 2.45) is 0 Å². The van der Waals surface area contributed by atoms with Crippen LogP contribution in [0.3, 0.4) is 0 Å². The van der Waals surface area contributed by atoms with E-state index < -0.39 is 17.8 Å². The fraction of sp³-hybridized carbons (Fsp3) is 0.258. The van der Waals surface area contributed by atoms with Gasteiger partial charge in [0.25, 0.3) is 5.91 Å². The van der Waals surface area contributed by atoms with Crippen molar-refractivity contribution in [1.82, 2.24) is 0 Å². The number of allylic oxidation sites excluding steroid dienone is 1. The highest BCUT2D eigenvalue weighted by molar-refractivity contribution is 6.24. The Labute approximate surface area is 218 Å². The second-order valence-electron chi connectivity index (χ2n) is 9.20. The number of nitrogens with one attached hydrogen (secondary N) is 1. The number of nitrogens with zero attached hydrogens (tertiary/aromatic N) is 1. The summed E-state index contributed by atoms with van der Waals surface area (Å²) in [7, 11) is 0. The lowest BCUT2D eigenvalue weighted by molar-refractivity contribution is -0.116. The number of anilines is 3. The first-order valence-corrected chi connectivity index (χ1v) is 12.3. The van der Waals surface area contributed by atoms with E-state index in [-0.39, 0.29) is 11.1 Å². The van der Waals surface area contributed by atoms with Crippen LogP contribution in [0.2, 0.25) is 0 Å². The molecule has 6 heteroatoms. The van der Waals surface area contributed by atoms with E-state index >= 15 is 0 Å². The van der Waals surface area contributed by atoms with Gasteiger partial charge in [0.05, 0.1) is 22.5 Å². The van der Waals surface area contributed by atoms with Crippen molar-refractivity contribution in [3.05, 3.63) is 93.0 Å². The molecule has 0 radical (unpaired) electrons. The number of rotatable bonds is 7. The van der Waals surface area contributed by atoms with Gasteiger partial charge in [-0.1, -0.05) is 55.5 Å². The smallest absolute Gasteiger partial charge is 0.338 e. The van der Waals surface area contributed by atoms with Gasteiger partial charge in [0, 0.05) is 18.2 Å². The topological polar surface area (TPSA) is 86.7 Å². The van der Waals surface area contributed by atoms with Crippen molar-refractivity contribution in [2.45, 2.75) is 54.9 Å². The molecular weight excluding hydrogens is 464 g/mol. The Morgan fingerprint density at radius 2 is 1.46 bits per heavy atom. The van der Waals surface area contributed by atoms with Gasteiger partial charge in [-0.15, -0.1) is 0 Å². The minimum atomic E-state index is -1.25. The quantitative estimate of drug-likeness (QED) is 0.361. The maximum Gasteiger partial charge on any atom is 0.338 e. The van der Waals surface area contributed by atoms with Crippen LogP contribution in [0.4, 0.5) is 17.1 Å². The Bertz CT molecular complexity index is 1380. The van der Waals surface area contributed by atoms with Crippen molar-refractivity contribution >= 4 is 40.9 Å². The molecule has 0 aliphatic carbocycles. The van der Waals surface area contributed by atoms with Crippen LogP contribution < -0.4 is 10.2 Å². The highest BCUT2D eigenvalue weighted by atomic mass is 16.4. The number of carboxylic acids is 1. The van der Waals surface area contributed by atoms with E-state index in [2.05, 4.69) is 5.32 Å². The molecule has 3 rings (SSSR count). The first-order valence-electron chi connectivity index (χ1n) is 12.3. The first kappa shape index (κ1) is 27.4. The summed E-state index contributed by atoms with van der Waals surface area (Å²) >= 11 is 0. The molecule has 2 N–H and O–H groups in total. The number of amides is 2. The van der Waals surface area contributed by atoms with E-state index in [1.807, 2.05) is 90.1 Å². The van der Waals surface area contributed by atoms with Crippen LogP contribution in [0.1, 0.15) is 74.9 Å². The fourth-order valence-electron chi connectivity index (χ4n) is 4.74. The molecule has 192 valence electrons. The summed E-state index contributed by atoms with van der Waals surface area (Å²) in [5.74, 6) is -2.41. The summed E-state index contributed by atoms with van der Waals surface area (Å²) in [6.45, 7) is 12.7. The summed E-state index contributed by atoms with van der Waals surface area (Å²) in [6, 6.07) is 12.9. The van der Waals surface area contributed by atoms with Gasteiger partial charge < -0.3 is 10.4 Å². The number of hydrogen-bond donors (Lipinski definition) is 2. The lowest BCUT2D eigenvalue weighted by Gasteiger charge is -2.26. The predicted octanol–water partition coefficient (Wildman–Crippen LogP) is 7.15. The number of hydrogen-bond acceptors (Lipinski definition) is 4. The third-order valence-corrected chi connectivity index (χ3v) is 6.52. The molecule has 0 saturated carbocycles. The predicted molar refractivity (Wildman–Crippen MR) is 150 cm³/mol. The Kier molecular flexibility index (Phi) is 8.33. The second-order valence-corrected chi connectivity index (χ2v) is 9.20. The zero-order valence-corrected chi connectivity index (χ0v) is 22.5. The monoisotopic (exact) mass is 498 g/mol. The van der Waals surface area contributed by atoms with Gasteiger partial charge in [-0.05, 0) is 74.9 Å². The molecule has 0 fully saturated rings. The Hall–Kier alpha value is -4.19. The third kappa shape index (κ3) is 5.33. The summed E-state index contributed by atoms with van der Waals surface area (Å²) in [5, 5.41) is 13.8. The number of aryl methyl sites for hydroxylation is 5. The Morgan fingerprint density at radius 1 is 0.919 bits per heavy atom. The molecule has 0 saturated heterocycles. The van der Waals surface area contributed by atoms with E-state index in [0.29, 0.717) is 23.4 Å². The van der Waals surface area contributed by atoms with Gasteiger partial charge in [0.15, 0.2) is 0 Å². The highest BCUT2D eigenvalue weighted by Crippen LogP contribution is 2.37. The van der Waals surface area contributed by atoms with E-state index in [1.54, 1.807) is 6.07 Å². The van der Waals surface area contributed by atoms with Crippen molar-refractivity contribution in [3.63, 3.8) is 0 Å². The van der Waals surface area contributed by atoms with Crippen LogP contribution in [-0.4, -0.2) is 22.9 Å². The number of carbonyl (C=O) groups excluding carboxylic acids is 2. The summed E-state index contributed by atoms with van der Waals surface area (Å²) in [4.78, 5) is 40.8. The molecule has 0 spiro atoms. The summed E-state index contributed by atoms with van der Waals surface area (Å²) < 4.78 is 0. The van der Waals surface area contributed by atoms with Gasteiger partial charge in [-0.2, -0.15) is 0 Å². The number of benzene rings is 3. The maximum absolute atomic E-state index is 14.1. The van der Waals surface area contributed by atoms with Gasteiger partial charge in [0.1, 0.15) is 0 Å². The van der Waals surface area contributed by atoms with Crippen molar-refractivity contribution in [1.29, 1.82) is 0 Å². The van der Waals surface area contributed by atoms with Gasteiger partial charge in [-0.3, -0.25) is 9.59 Å². The van der Waals surface area contributed by atoms with Gasteiger partial charge >= 0.3 is 5.97 Å². The van der Waals surface area contributed by atoms with E-state index in [4.69, 9.17) is 0 Å². The SMILES string of the molecule is CC=Cc1c(CC)cc(C(=O)N(C(C)=O)c2c(C)cccc2C)c(C(=O)O)c1Nc1c(C)cccc1C. The zero-order valence-electron chi connectivity index (χ0n) is 22.5. The van der Waals surface area contributed by atoms with Crippen LogP contribution in [0.25, 0.3) is 6.08 Å². The summed E-state index contributed by atoms with van der Waals surface area (Å²) in [5.41, 5.74) is 6.24. The lowest BCUT2D eigenvalue weighted by Crippen LogP contribution is -2.37. The minimum Gasteiger partial charge on any atom is -0.478 e. The molecule has 0 bridgehead atoms. The van der Waals surface area contributed by atoms with Gasteiger partial charge in [0.2, 0.25) is 5.91 Å². The standard InChI is InChI=1S/C31H34N2O4/c1-8-12-24-23(9-2)17-25(30(35)33(22(7)34)29-20(5)15-11-16-21(29)6)26(31(36)37)28(24)32-27-18(3)13-10-14-19(27)4/h8,10-17,32H,9H2,1-7H3,(H,36,37). The molecular formula is C31H34N2O4. The zero-order chi connectivity index (χ0) is 27.4. The number of aromatic carboxylic acids is 1. The van der Waals surface area contributed by atoms with Crippen molar-refractivity contribution in [3.8, 4) is 0 Å². The van der Waals surface area contributed by atoms with Crippen LogP contribution >= 0.6 is 0 Å². The highest BCUT2D eigenvalue weighted by Gasteiger charge is 2.32. The number of imide groups is 1. The third-order valence-electron chi connectivity index (χ3n) is 6.52. The number of para-hydroxylation sites is 2. The fourth-order valence-corrected chi connectivity index (χ4v) is 4.74. The molecule has 0 unspecified atom stereocenters. The first-order chi connectivity index (χ1) is 17.5. The van der Waals surface area contributed by atoms with E-state index in [0.717, 1.165) is 38.4 Å². The lowest BCUT2D eigenvalue weighted by atomic mass is 9.92. The molecule has 2 amide bonds. The van der Waals surface area contributed by atoms with Crippen LogP contribution in [0.15, 0.2) is 48.5 Å². The Morgan fingerprint density at radius 3 is 1.92 bits per heavy atom. The number of carbonyl (C=O) groups is 3. The molecule has 0 aliphatic rings. The molecule has 6 nitrogen and oxygen atoms in total. The maximum atomic E-state index is 14.1. The minimum absolute atomic E-state index is 0.0378. The average Bonchev–Trinajstić information content (AvgIpc) is 2.83. The average molecular weight is 499 g/mol. The largest absolute Gasteiger partial charge is 0.478 e.